The molecule has 1 atom stereocenters. The van der Waals surface area contributed by atoms with Crippen LogP contribution in [0.25, 0.3) is 0 Å². The van der Waals surface area contributed by atoms with Crippen LogP contribution in [0.1, 0.15) is 6.42 Å². The number of hydrogen-bond acceptors (Lipinski definition) is 5. The van der Waals surface area contributed by atoms with E-state index in [4.69, 9.17) is 4.74 Å². The number of aromatic nitrogens is 1. The Morgan fingerprint density at radius 2 is 2.39 bits per heavy atom. The van der Waals surface area contributed by atoms with Gasteiger partial charge in [-0.3, -0.25) is 0 Å². The molecule has 18 heavy (non-hydrogen) atoms. The summed E-state index contributed by atoms with van der Waals surface area (Å²) >= 11 is 0. The molecule has 7 heteroatoms. The minimum atomic E-state index is -3.52. The summed E-state index contributed by atoms with van der Waals surface area (Å²) < 4.78 is 32.1. The van der Waals surface area contributed by atoms with Crippen LogP contribution in [0.5, 0.6) is 0 Å². The summed E-state index contributed by atoms with van der Waals surface area (Å²) in [5, 5.41) is 2.77. The number of hydrogen-bond donors (Lipinski definition) is 2. The summed E-state index contributed by atoms with van der Waals surface area (Å²) in [5.74, 6) is 0.613. The van der Waals surface area contributed by atoms with Gasteiger partial charge in [0.1, 0.15) is 10.7 Å². The highest BCUT2D eigenvalue weighted by Crippen LogP contribution is 2.18. The van der Waals surface area contributed by atoms with Crippen molar-refractivity contribution in [2.45, 2.75) is 11.3 Å². The molecule has 0 aliphatic carbocycles. The monoisotopic (exact) mass is 271 g/mol. The van der Waals surface area contributed by atoms with Crippen LogP contribution in [0.2, 0.25) is 0 Å². The summed E-state index contributed by atoms with van der Waals surface area (Å²) in [4.78, 5) is 4.16. The standard InChI is InChI=1S/C11H17N3O3S/c1-12-11-10(3-2-5-13-11)18(15,16)14-7-9-4-6-17-8-9/h2-3,5,9,14H,4,6-8H2,1H3,(H,12,13). The predicted octanol–water partition coefficient (Wildman–Crippen LogP) is 0.438. The minimum Gasteiger partial charge on any atom is -0.381 e. The molecule has 1 saturated heterocycles. The van der Waals surface area contributed by atoms with E-state index in [2.05, 4.69) is 15.0 Å². The van der Waals surface area contributed by atoms with Crippen molar-refractivity contribution in [3.8, 4) is 0 Å². The van der Waals surface area contributed by atoms with Crippen molar-refractivity contribution in [2.24, 2.45) is 5.92 Å². The van der Waals surface area contributed by atoms with Crippen LogP contribution in [-0.4, -0.2) is 40.2 Å². The largest absolute Gasteiger partial charge is 0.381 e. The average Bonchev–Trinajstić information content (AvgIpc) is 2.89. The molecule has 0 radical (unpaired) electrons. The summed E-state index contributed by atoms with van der Waals surface area (Å²) in [7, 11) is -1.88. The molecule has 100 valence electrons. The lowest BCUT2D eigenvalue weighted by atomic mass is 10.1. The van der Waals surface area contributed by atoms with E-state index in [0.717, 1.165) is 6.42 Å². The number of anilines is 1. The summed E-state index contributed by atoms with van der Waals surface area (Å²) in [6, 6.07) is 3.14. The fourth-order valence-electron chi connectivity index (χ4n) is 1.84. The zero-order valence-corrected chi connectivity index (χ0v) is 11.0. The number of pyridine rings is 1. The molecule has 1 aliphatic rings. The van der Waals surface area contributed by atoms with Gasteiger partial charge >= 0.3 is 0 Å². The van der Waals surface area contributed by atoms with E-state index in [1.807, 2.05) is 0 Å². The van der Waals surface area contributed by atoms with Gasteiger partial charge in [0.05, 0.1) is 6.61 Å². The average molecular weight is 271 g/mol. The maximum absolute atomic E-state index is 12.1. The molecule has 0 saturated carbocycles. The molecular formula is C11H17N3O3S. The normalized spacial score (nSPS) is 19.9. The summed E-state index contributed by atoms with van der Waals surface area (Å²) in [5.41, 5.74) is 0. The highest BCUT2D eigenvalue weighted by Gasteiger charge is 2.22. The van der Waals surface area contributed by atoms with Gasteiger partial charge in [-0.05, 0) is 24.5 Å². The first-order valence-electron chi connectivity index (χ1n) is 5.83. The summed E-state index contributed by atoms with van der Waals surface area (Å²) in [6.07, 6.45) is 2.45. The Labute approximate surface area is 107 Å². The Hall–Kier alpha value is -1.18. The maximum atomic E-state index is 12.1. The topological polar surface area (TPSA) is 80.3 Å². The van der Waals surface area contributed by atoms with Crippen LogP contribution in [-0.2, 0) is 14.8 Å². The zero-order valence-electron chi connectivity index (χ0n) is 10.2. The quantitative estimate of drug-likeness (QED) is 0.812. The molecule has 2 heterocycles. The van der Waals surface area contributed by atoms with Gasteiger partial charge in [-0.15, -0.1) is 0 Å². The molecule has 1 aromatic rings. The molecule has 0 amide bonds. The first-order valence-corrected chi connectivity index (χ1v) is 7.32. The third-order valence-corrected chi connectivity index (χ3v) is 4.34. The van der Waals surface area contributed by atoms with E-state index in [9.17, 15) is 8.42 Å². The Morgan fingerprint density at radius 3 is 3.06 bits per heavy atom. The first kappa shape index (κ1) is 13.3. The lowest BCUT2D eigenvalue weighted by Gasteiger charge is -2.12. The van der Waals surface area contributed by atoms with Gasteiger partial charge < -0.3 is 10.1 Å². The van der Waals surface area contributed by atoms with Crippen LogP contribution in [0.4, 0.5) is 5.82 Å². The van der Waals surface area contributed by atoms with Gasteiger partial charge in [0.15, 0.2) is 0 Å². The second-order valence-corrected chi connectivity index (χ2v) is 5.92. The van der Waals surface area contributed by atoms with Gasteiger partial charge in [-0.1, -0.05) is 0 Å². The lowest BCUT2D eigenvalue weighted by Crippen LogP contribution is -2.30. The van der Waals surface area contributed by atoms with Gasteiger partial charge in [0.25, 0.3) is 0 Å². The van der Waals surface area contributed by atoms with Crippen LogP contribution in [0, 0.1) is 5.92 Å². The fourth-order valence-corrected chi connectivity index (χ4v) is 3.12. The molecule has 2 rings (SSSR count). The minimum absolute atomic E-state index is 0.173. The smallest absolute Gasteiger partial charge is 0.244 e. The van der Waals surface area contributed by atoms with E-state index in [0.29, 0.717) is 25.6 Å². The van der Waals surface area contributed by atoms with Gasteiger partial charge in [-0.2, -0.15) is 0 Å². The molecule has 0 spiro atoms. The molecule has 2 N–H and O–H groups in total. The lowest BCUT2D eigenvalue weighted by molar-refractivity contribution is 0.186. The highest BCUT2D eigenvalue weighted by molar-refractivity contribution is 7.89. The molecular weight excluding hydrogens is 254 g/mol. The van der Waals surface area contributed by atoms with E-state index < -0.39 is 10.0 Å². The predicted molar refractivity (Wildman–Crippen MR) is 67.9 cm³/mol. The fraction of sp³-hybridized carbons (Fsp3) is 0.545. The molecule has 1 fully saturated rings. The third-order valence-electron chi connectivity index (χ3n) is 2.88. The number of rotatable bonds is 5. The van der Waals surface area contributed by atoms with Crippen molar-refractivity contribution in [2.75, 3.05) is 32.1 Å². The van der Waals surface area contributed by atoms with E-state index in [-0.39, 0.29) is 10.8 Å². The first-order chi connectivity index (χ1) is 8.63. The van der Waals surface area contributed by atoms with E-state index in [1.165, 1.54) is 6.07 Å². The third kappa shape index (κ3) is 2.98. The molecule has 1 aliphatic heterocycles. The van der Waals surface area contributed by atoms with E-state index >= 15 is 0 Å². The second-order valence-electron chi connectivity index (χ2n) is 4.18. The molecule has 1 aromatic heterocycles. The van der Waals surface area contributed by atoms with E-state index in [1.54, 1.807) is 19.3 Å². The van der Waals surface area contributed by atoms with Crippen molar-refractivity contribution in [1.82, 2.24) is 9.71 Å². The molecule has 0 aromatic carbocycles. The number of sulfonamides is 1. The summed E-state index contributed by atoms with van der Waals surface area (Å²) in [6.45, 7) is 1.73. The van der Waals surface area contributed by atoms with Crippen LogP contribution >= 0.6 is 0 Å². The van der Waals surface area contributed by atoms with Crippen LogP contribution in [0.15, 0.2) is 23.2 Å². The maximum Gasteiger partial charge on any atom is 0.244 e. The Balaban J connectivity index is 2.09. The Morgan fingerprint density at radius 1 is 1.56 bits per heavy atom. The SMILES string of the molecule is CNc1ncccc1S(=O)(=O)NCC1CCOC1. The van der Waals surface area contributed by atoms with Gasteiger partial charge in [0, 0.05) is 26.4 Å². The molecule has 6 nitrogen and oxygen atoms in total. The number of nitrogens with one attached hydrogen (secondary N) is 2. The molecule has 1 unspecified atom stereocenters. The molecule has 0 bridgehead atoms. The van der Waals surface area contributed by atoms with Crippen LogP contribution in [0.3, 0.4) is 0 Å². The van der Waals surface area contributed by atoms with Crippen molar-refractivity contribution < 1.29 is 13.2 Å². The second kappa shape index (κ2) is 5.64. The highest BCUT2D eigenvalue weighted by atomic mass is 32.2. The Bertz CT molecular complexity index is 498. The van der Waals surface area contributed by atoms with Gasteiger partial charge in [0.2, 0.25) is 10.0 Å². The zero-order chi connectivity index (χ0) is 13.0. The van der Waals surface area contributed by atoms with Gasteiger partial charge in [-0.25, -0.2) is 18.1 Å². The number of nitrogens with zero attached hydrogens (tertiary/aromatic N) is 1. The van der Waals surface area contributed by atoms with Crippen molar-refractivity contribution >= 4 is 15.8 Å². The van der Waals surface area contributed by atoms with Crippen molar-refractivity contribution in [3.05, 3.63) is 18.3 Å². The van der Waals surface area contributed by atoms with Crippen molar-refractivity contribution in [1.29, 1.82) is 0 Å². The Kier molecular flexibility index (Phi) is 4.15. The number of ether oxygens (including phenoxy) is 1. The van der Waals surface area contributed by atoms with Crippen molar-refractivity contribution in [3.63, 3.8) is 0 Å². The van der Waals surface area contributed by atoms with Crippen LogP contribution < -0.4 is 10.0 Å².